The molecule has 0 heterocycles. The van der Waals surface area contributed by atoms with E-state index in [2.05, 4.69) is 17.6 Å². The Labute approximate surface area is 143 Å². The van der Waals surface area contributed by atoms with Crippen molar-refractivity contribution in [3.8, 4) is 11.5 Å². The third-order valence-electron chi connectivity index (χ3n) is 3.73. The summed E-state index contributed by atoms with van der Waals surface area (Å²) in [5, 5.41) is 6.21. The predicted octanol–water partition coefficient (Wildman–Crippen LogP) is 3.26. The predicted molar refractivity (Wildman–Crippen MR) is 95.6 cm³/mol. The topological polar surface area (TPSA) is 59.6 Å². The summed E-state index contributed by atoms with van der Waals surface area (Å²) in [4.78, 5) is 11.1. The molecular formula is C19H24N2O3. The monoisotopic (exact) mass is 328 g/mol. The van der Waals surface area contributed by atoms with Gasteiger partial charge in [-0.25, -0.2) is 0 Å². The van der Waals surface area contributed by atoms with Gasteiger partial charge >= 0.3 is 0 Å². The molecule has 0 spiro atoms. The van der Waals surface area contributed by atoms with Gasteiger partial charge in [-0.2, -0.15) is 0 Å². The zero-order valence-electron chi connectivity index (χ0n) is 14.6. The van der Waals surface area contributed by atoms with E-state index in [4.69, 9.17) is 9.47 Å². The quantitative estimate of drug-likeness (QED) is 0.819. The lowest BCUT2D eigenvalue weighted by Crippen LogP contribution is -2.14. The summed E-state index contributed by atoms with van der Waals surface area (Å²) in [5.74, 6) is 1.40. The average molecular weight is 328 g/mol. The number of ether oxygens (including phenoxy) is 2. The number of amides is 1. The molecule has 0 aromatic heterocycles. The summed E-state index contributed by atoms with van der Waals surface area (Å²) < 4.78 is 10.7. The zero-order valence-corrected chi connectivity index (χ0v) is 14.6. The minimum Gasteiger partial charge on any atom is -0.493 e. The Balaban J connectivity index is 2.00. The van der Waals surface area contributed by atoms with Crippen LogP contribution in [0.4, 0.5) is 5.69 Å². The average Bonchev–Trinajstić information content (AvgIpc) is 2.55. The van der Waals surface area contributed by atoms with Gasteiger partial charge in [-0.05, 0) is 47.9 Å². The van der Waals surface area contributed by atoms with Crippen molar-refractivity contribution >= 4 is 11.6 Å². The smallest absolute Gasteiger partial charge is 0.221 e. The third-order valence-corrected chi connectivity index (χ3v) is 3.73. The van der Waals surface area contributed by atoms with E-state index in [1.165, 1.54) is 6.92 Å². The number of anilines is 1. The Morgan fingerprint density at radius 1 is 1.04 bits per heavy atom. The van der Waals surface area contributed by atoms with Crippen LogP contribution in [0.15, 0.2) is 36.4 Å². The maximum atomic E-state index is 11.1. The molecule has 0 bridgehead atoms. The maximum absolute atomic E-state index is 11.1. The summed E-state index contributed by atoms with van der Waals surface area (Å²) in [6.45, 7) is 4.99. The molecular weight excluding hydrogens is 304 g/mol. The number of hydrogen-bond donors (Lipinski definition) is 2. The molecule has 0 radical (unpaired) electrons. The van der Waals surface area contributed by atoms with Crippen LogP contribution in [0.3, 0.4) is 0 Å². The van der Waals surface area contributed by atoms with E-state index < -0.39 is 0 Å². The molecule has 0 atom stereocenters. The first-order valence-corrected chi connectivity index (χ1v) is 7.82. The number of carbonyl (C=O) groups is 1. The molecule has 128 valence electrons. The van der Waals surface area contributed by atoms with Crippen molar-refractivity contribution in [3.05, 3.63) is 53.1 Å². The largest absolute Gasteiger partial charge is 0.493 e. The van der Waals surface area contributed by atoms with Crippen molar-refractivity contribution in [2.45, 2.75) is 26.9 Å². The first kappa shape index (κ1) is 17.8. The van der Waals surface area contributed by atoms with Gasteiger partial charge < -0.3 is 20.1 Å². The molecule has 0 unspecified atom stereocenters. The highest BCUT2D eigenvalue weighted by Crippen LogP contribution is 2.30. The van der Waals surface area contributed by atoms with Crippen LogP contribution < -0.4 is 20.1 Å². The highest BCUT2D eigenvalue weighted by molar-refractivity contribution is 5.88. The Morgan fingerprint density at radius 2 is 1.75 bits per heavy atom. The van der Waals surface area contributed by atoms with Crippen LogP contribution in [-0.2, 0) is 17.9 Å². The minimum atomic E-state index is -0.0685. The number of aryl methyl sites for hydroxylation is 1. The van der Waals surface area contributed by atoms with Gasteiger partial charge in [0.05, 0.1) is 14.2 Å². The second-order valence-corrected chi connectivity index (χ2v) is 5.62. The van der Waals surface area contributed by atoms with E-state index in [-0.39, 0.29) is 5.91 Å². The standard InChI is InChI=1S/C19H24N2O3/c1-13-8-18(23-3)19(24-4)10-16(13)12-20-11-15-6-5-7-17(9-15)21-14(2)22/h5-10,20H,11-12H2,1-4H3,(H,21,22). The lowest BCUT2D eigenvalue weighted by molar-refractivity contribution is -0.114. The molecule has 0 saturated heterocycles. The van der Waals surface area contributed by atoms with E-state index in [9.17, 15) is 4.79 Å². The molecule has 2 aromatic carbocycles. The van der Waals surface area contributed by atoms with Gasteiger partial charge in [0, 0.05) is 25.7 Å². The van der Waals surface area contributed by atoms with E-state index in [0.29, 0.717) is 6.54 Å². The fourth-order valence-corrected chi connectivity index (χ4v) is 2.52. The normalized spacial score (nSPS) is 10.3. The first-order chi connectivity index (χ1) is 11.5. The molecule has 24 heavy (non-hydrogen) atoms. The molecule has 5 nitrogen and oxygen atoms in total. The molecule has 0 aliphatic rings. The molecule has 5 heteroatoms. The first-order valence-electron chi connectivity index (χ1n) is 7.82. The number of nitrogens with one attached hydrogen (secondary N) is 2. The summed E-state index contributed by atoms with van der Waals surface area (Å²) in [6.07, 6.45) is 0. The number of hydrogen-bond acceptors (Lipinski definition) is 4. The number of methoxy groups -OCH3 is 2. The van der Waals surface area contributed by atoms with Crippen molar-refractivity contribution in [2.24, 2.45) is 0 Å². The molecule has 1 amide bonds. The summed E-state index contributed by atoms with van der Waals surface area (Å²) in [6, 6.07) is 11.8. The van der Waals surface area contributed by atoms with Crippen molar-refractivity contribution in [2.75, 3.05) is 19.5 Å². The fourth-order valence-electron chi connectivity index (χ4n) is 2.52. The molecule has 0 fully saturated rings. The zero-order chi connectivity index (χ0) is 17.5. The van der Waals surface area contributed by atoms with Crippen LogP contribution in [0.2, 0.25) is 0 Å². The van der Waals surface area contributed by atoms with Gasteiger partial charge in [0.1, 0.15) is 0 Å². The van der Waals surface area contributed by atoms with Crippen LogP contribution in [0.1, 0.15) is 23.6 Å². The number of carbonyl (C=O) groups excluding carboxylic acids is 1. The Bertz CT molecular complexity index is 714. The fraction of sp³-hybridized carbons (Fsp3) is 0.316. The Hall–Kier alpha value is -2.53. The summed E-state index contributed by atoms with van der Waals surface area (Å²) in [7, 11) is 3.27. The van der Waals surface area contributed by atoms with E-state index in [1.54, 1.807) is 14.2 Å². The molecule has 0 saturated carbocycles. The van der Waals surface area contributed by atoms with Crippen LogP contribution in [0.25, 0.3) is 0 Å². The van der Waals surface area contributed by atoms with Crippen LogP contribution in [0.5, 0.6) is 11.5 Å². The second-order valence-electron chi connectivity index (χ2n) is 5.62. The van der Waals surface area contributed by atoms with Crippen molar-refractivity contribution in [3.63, 3.8) is 0 Å². The molecule has 0 aliphatic carbocycles. The number of rotatable bonds is 7. The van der Waals surface area contributed by atoms with Crippen LogP contribution >= 0.6 is 0 Å². The van der Waals surface area contributed by atoms with Crippen LogP contribution in [0, 0.1) is 6.92 Å². The van der Waals surface area contributed by atoms with E-state index >= 15 is 0 Å². The van der Waals surface area contributed by atoms with Gasteiger partial charge in [-0.1, -0.05) is 12.1 Å². The molecule has 2 rings (SSSR count). The summed E-state index contributed by atoms with van der Waals surface area (Å²) >= 11 is 0. The lowest BCUT2D eigenvalue weighted by Gasteiger charge is -2.13. The minimum absolute atomic E-state index is 0.0685. The number of benzene rings is 2. The molecule has 0 aliphatic heterocycles. The van der Waals surface area contributed by atoms with E-state index in [1.807, 2.05) is 36.4 Å². The van der Waals surface area contributed by atoms with Gasteiger partial charge in [0.15, 0.2) is 11.5 Å². The molecule has 2 N–H and O–H groups in total. The Kier molecular flexibility index (Phi) is 6.21. The van der Waals surface area contributed by atoms with Gasteiger partial charge in [-0.15, -0.1) is 0 Å². The van der Waals surface area contributed by atoms with Gasteiger partial charge in [0.25, 0.3) is 0 Å². The summed E-state index contributed by atoms with van der Waals surface area (Å²) in [5.41, 5.74) is 4.22. The van der Waals surface area contributed by atoms with E-state index in [0.717, 1.165) is 40.4 Å². The molecule has 2 aromatic rings. The van der Waals surface area contributed by atoms with Crippen molar-refractivity contribution in [1.82, 2.24) is 5.32 Å². The van der Waals surface area contributed by atoms with Gasteiger partial charge in [0.2, 0.25) is 5.91 Å². The third kappa shape index (κ3) is 4.73. The highest BCUT2D eigenvalue weighted by atomic mass is 16.5. The van der Waals surface area contributed by atoms with Crippen molar-refractivity contribution < 1.29 is 14.3 Å². The second kappa shape index (κ2) is 8.36. The highest BCUT2D eigenvalue weighted by Gasteiger charge is 2.08. The SMILES string of the molecule is COc1cc(C)c(CNCc2cccc(NC(C)=O)c2)cc1OC. The maximum Gasteiger partial charge on any atom is 0.221 e. The lowest BCUT2D eigenvalue weighted by atomic mass is 10.1. The van der Waals surface area contributed by atoms with Crippen LogP contribution in [-0.4, -0.2) is 20.1 Å². The van der Waals surface area contributed by atoms with Crippen molar-refractivity contribution in [1.29, 1.82) is 0 Å². The van der Waals surface area contributed by atoms with Gasteiger partial charge in [-0.3, -0.25) is 4.79 Å². The Morgan fingerprint density at radius 3 is 2.42 bits per heavy atom.